The molecule has 0 heterocycles. The Kier molecular flexibility index (Phi) is 7.89. The minimum atomic E-state index is -3.75. The molecular weight excluding hydrogens is 434 g/mol. The smallest absolute Gasteiger partial charge is 0.261 e. The highest BCUT2D eigenvalue weighted by Crippen LogP contribution is 2.21. The van der Waals surface area contributed by atoms with E-state index < -0.39 is 10.0 Å². The van der Waals surface area contributed by atoms with Gasteiger partial charge in [0.2, 0.25) is 0 Å². The first-order valence-electron chi connectivity index (χ1n) is 10.9. The van der Waals surface area contributed by atoms with Gasteiger partial charge in [-0.3, -0.25) is 9.52 Å². The van der Waals surface area contributed by atoms with E-state index >= 15 is 0 Å². The summed E-state index contributed by atoms with van der Waals surface area (Å²) in [5.74, 6) is -0.247. The molecule has 0 radical (unpaired) electrons. The molecule has 0 bridgehead atoms. The van der Waals surface area contributed by atoms with Gasteiger partial charge in [0.25, 0.3) is 15.9 Å². The van der Waals surface area contributed by atoms with Crippen LogP contribution in [0.15, 0.2) is 77.7 Å². The van der Waals surface area contributed by atoms with Crippen molar-refractivity contribution in [3.63, 3.8) is 0 Å². The number of sulfonamides is 1. The van der Waals surface area contributed by atoms with E-state index in [1.54, 1.807) is 12.1 Å². The maximum Gasteiger partial charge on any atom is 0.261 e. The van der Waals surface area contributed by atoms with Crippen LogP contribution in [0.1, 0.15) is 40.0 Å². The Hall–Kier alpha value is -3.16. The van der Waals surface area contributed by atoms with Gasteiger partial charge in [-0.05, 0) is 74.5 Å². The summed E-state index contributed by atoms with van der Waals surface area (Å²) in [6.07, 6.45) is 0.982. The van der Waals surface area contributed by atoms with Crippen molar-refractivity contribution < 1.29 is 13.2 Å². The van der Waals surface area contributed by atoms with Crippen LogP contribution in [-0.2, 0) is 16.4 Å². The van der Waals surface area contributed by atoms with Crippen molar-refractivity contribution in [3.05, 3.63) is 95.1 Å². The molecule has 0 saturated heterocycles. The predicted octanol–water partition coefficient (Wildman–Crippen LogP) is 4.39. The van der Waals surface area contributed by atoms with Crippen LogP contribution in [0.3, 0.4) is 0 Å². The van der Waals surface area contributed by atoms with E-state index in [0.717, 1.165) is 17.5 Å². The number of likely N-dealkylation sites (N-methyl/N-ethyl adjacent to an activating group) is 1. The molecule has 1 unspecified atom stereocenters. The molecule has 0 fully saturated rings. The van der Waals surface area contributed by atoms with Crippen molar-refractivity contribution in [2.75, 3.05) is 25.4 Å². The third-order valence-electron chi connectivity index (χ3n) is 5.67. The first-order chi connectivity index (χ1) is 15.7. The predicted molar refractivity (Wildman–Crippen MR) is 133 cm³/mol. The van der Waals surface area contributed by atoms with Crippen LogP contribution >= 0.6 is 0 Å². The van der Waals surface area contributed by atoms with E-state index in [2.05, 4.69) is 46.1 Å². The van der Waals surface area contributed by atoms with E-state index in [0.29, 0.717) is 17.8 Å². The number of carbonyl (C=O) groups is 1. The zero-order valence-corrected chi connectivity index (χ0v) is 20.3. The van der Waals surface area contributed by atoms with E-state index in [4.69, 9.17) is 0 Å². The topological polar surface area (TPSA) is 78.5 Å². The number of hydrogen-bond acceptors (Lipinski definition) is 4. The number of benzene rings is 3. The third kappa shape index (κ3) is 6.21. The second-order valence-electron chi connectivity index (χ2n) is 8.23. The lowest BCUT2D eigenvalue weighted by molar-refractivity contribution is 0.0942. The zero-order chi connectivity index (χ0) is 24.0. The van der Waals surface area contributed by atoms with E-state index in [1.165, 1.54) is 29.8 Å². The van der Waals surface area contributed by atoms with Crippen LogP contribution in [0.4, 0.5) is 5.69 Å². The molecule has 33 heavy (non-hydrogen) atoms. The standard InChI is InChI=1S/C26H31N3O3S/c1-5-20-10-12-21(13-11-20)25(29(3)4)18-27-26(30)22-14-16-23(17-15-22)33(31,32)28-24-9-7-6-8-19(24)2/h6-17,25,28H,5,18H2,1-4H3,(H,27,30). The van der Waals surface area contributed by atoms with Gasteiger partial charge in [-0.2, -0.15) is 0 Å². The van der Waals surface area contributed by atoms with Crippen molar-refractivity contribution in [2.24, 2.45) is 0 Å². The minimum absolute atomic E-state index is 0.0258. The average Bonchev–Trinajstić information content (AvgIpc) is 2.81. The number of hydrogen-bond donors (Lipinski definition) is 2. The number of aryl methyl sites for hydroxylation is 2. The molecule has 3 rings (SSSR count). The van der Waals surface area contributed by atoms with E-state index in [1.807, 2.05) is 33.2 Å². The lowest BCUT2D eigenvalue weighted by atomic mass is 10.0. The Bertz CT molecular complexity index is 1190. The number of rotatable bonds is 9. The summed E-state index contributed by atoms with van der Waals surface area (Å²) in [5, 5.41) is 2.97. The molecule has 0 aliphatic carbocycles. The van der Waals surface area contributed by atoms with Gasteiger partial charge >= 0.3 is 0 Å². The molecule has 3 aromatic rings. The Balaban J connectivity index is 1.67. The van der Waals surface area contributed by atoms with Crippen molar-refractivity contribution in [1.82, 2.24) is 10.2 Å². The SMILES string of the molecule is CCc1ccc(C(CNC(=O)c2ccc(S(=O)(=O)Nc3ccccc3C)cc2)N(C)C)cc1. The molecule has 7 heteroatoms. The highest BCUT2D eigenvalue weighted by molar-refractivity contribution is 7.92. The fraction of sp³-hybridized carbons (Fsp3) is 0.269. The second-order valence-corrected chi connectivity index (χ2v) is 9.91. The number of anilines is 1. The molecule has 0 spiro atoms. The molecular formula is C26H31N3O3S. The van der Waals surface area contributed by atoms with Crippen LogP contribution in [0.5, 0.6) is 0 Å². The summed E-state index contributed by atoms with van der Waals surface area (Å²) in [5.41, 5.74) is 4.16. The Labute approximate surface area is 196 Å². The van der Waals surface area contributed by atoms with Gasteiger partial charge in [0, 0.05) is 12.1 Å². The van der Waals surface area contributed by atoms with Crippen molar-refractivity contribution in [1.29, 1.82) is 0 Å². The molecule has 0 aliphatic rings. The van der Waals surface area contributed by atoms with Crippen LogP contribution in [-0.4, -0.2) is 39.9 Å². The highest BCUT2D eigenvalue weighted by atomic mass is 32.2. The Morgan fingerprint density at radius 1 is 0.939 bits per heavy atom. The van der Waals surface area contributed by atoms with Crippen LogP contribution in [0.2, 0.25) is 0 Å². The minimum Gasteiger partial charge on any atom is -0.350 e. The maximum absolute atomic E-state index is 12.7. The van der Waals surface area contributed by atoms with Crippen LogP contribution < -0.4 is 10.0 Å². The first-order valence-corrected chi connectivity index (χ1v) is 12.4. The van der Waals surface area contributed by atoms with Gasteiger partial charge in [-0.15, -0.1) is 0 Å². The molecule has 1 amide bonds. The monoisotopic (exact) mass is 465 g/mol. The van der Waals surface area contributed by atoms with Gasteiger partial charge in [0.1, 0.15) is 0 Å². The summed E-state index contributed by atoms with van der Waals surface area (Å²) < 4.78 is 28.0. The van der Waals surface area contributed by atoms with E-state index in [9.17, 15) is 13.2 Å². The lowest BCUT2D eigenvalue weighted by Crippen LogP contribution is -2.34. The highest BCUT2D eigenvalue weighted by Gasteiger charge is 2.18. The lowest BCUT2D eigenvalue weighted by Gasteiger charge is -2.25. The summed E-state index contributed by atoms with van der Waals surface area (Å²) >= 11 is 0. The second kappa shape index (κ2) is 10.6. The summed E-state index contributed by atoms with van der Waals surface area (Å²) in [6, 6.07) is 21.6. The average molecular weight is 466 g/mol. The van der Waals surface area contributed by atoms with Gasteiger partial charge in [0.15, 0.2) is 0 Å². The zero-order valence-electron chi connectivity index (χ0n) is 19.5. The summed E-state index contributed by atoms with van der Waals surface area (Å²) in [6.45, 7) is 4.39. The van der Waals surface area contributed by atoms with Gasteiger partial charge in [0.05, 0.1) is 16.6 Å². The van der Waals surface area contributed by atoms with Crippen molar-refractivity contribution in [2.45, 2.75) is 31.2 Å². The molecule has 6 nitrogen and oxygen atoms in total. The maximum atomic E-state index is 12.7. The normalized spacial score (nSPS) is 12.4. The molecule has 174 valence electrons. The molecule has 3 aromatic carbocycles. The largest absolute Gasteiger partial charge is 0.350 e. The molecule has 0 saturated carbocycles. The first kappa shape index (κ1) is 24.5. The molecule has 0 aromatic heterocycles. The fourth-order valence-electron chi connectivity index (χ4n) is 3.54. The number of carbonyl (C=O) groups excluding carboxylic acids is 1. The Morgan fingerprint density at radius 2 is 1.58 bits per heavy atom. The summed E-state index contributed by atoms with van der Waals surface area (Å²) in [7, 11) is 0.210. The van der Waals surface area contributed by atoms with Crippen molar-refractivity contribution >= 4 is 21.6 Å². The Morgan fingerprint density at radius 3 is 2.15 bits per heavy atom. The molecule has 0 aliphatic heterocycles. The van der Waals surface area contributed by atoms with Gasteiger partial charge in [-0.1, -0.05) is 49.4 Å². The fourth-order valence-corrected chi connectivity index (χ4v) is 4.67. The number of nitrogens with zero attached hydrogens (tertiary/aromatic N) is 1. The van der Waals surface area contributed by atoms with E-state index in [-0.39, 0.29) is 16.8 Å². The van der Waals surface area contributed by atoms with Crippen molar-refractivity contribution in [3.8, 4) is 0 Å². The van der Waals surface area contributed by atoms with Crippen LogP contribution in [0.25, 0.3) is 0 Å². The number of nitrogens with one attached hydrogen (secondary N) is 2. The number of para-hydroxylation sites is 1. The summed E-state index contributed by atoms with van der Waals surface area (Å²) in [4.78, 5) is 14.9. The van der Waals surface area contributed by atoms with Gasteiger partial charge < -0.3 is 10.2 Å². The molecule has 2 N–H and O–H groups in total. The quantitative estimate of drug-likeness (QED) is 0.491. The third-order valence-corrected chi connectivity index (χ3v) is 7.05. The molecule has 1 atom stereocenters. The van der Waals surface area contributed by atoms with Gasteiger partial charge in [-0.25, -0.2) is 8.42 Å². The number of amides is 1. The van der Waals surface area contributed by atoms with Crippen LogP contribution in [0, 0.1) is 6.92 Å².